The van der Waals surface area contributed by atoms with Crippen molar-refractivity contribution in [2.75, 3.05) is 0 Å². The lowest BCUT2D eigenvalue weighted by Gasteiger charge is -2.10. The van der Waals surface area contributed by atoms with Crippen LogP contribution < -0.4 is 0 Å². The van der Waals surface area contributed by atoms with Crippen molar-refractivity contribution in [1.29, 1.82) is 0 Å². The van der Waals surface area contributed by atoms with E-state index in [2.05, 4.69) is 23.3 Å². The van der Waals surface area contributed by atoms with E-state index in [1.807, 2.05) is 39.0 Å². The molecule has 0 saturated carbocycles. The third-order valence-corrected chi connectivity index (χ3v) is 1.63. The minimum Gasteiger partial charge on any atom is -0.273 e. The second-order valence-electron chi connectivity index (χ2n) is 3.84. The van der Waals surface area contributed by atoms with Crippen LogP contribution in [0, 0.1) is 6.92 Å². The van der Waals surface area contributed by atoms with E-state index in [9.17, 15) is 0 Å². The van der Waals surface area contributed by atoms with Gasteiger partial charge >= 0.3 is 0 Å². The maximum atomic E-state index is 4.98. The van der Waals surface area contributed by atoms with Crippen LogP contribution >= 0.6 is 11.9 Å². The summed E-state index contributed by atoms with van der Waals surface area (Å²) in [4.78, 5) is 0. The van der Waals surface area contributed by atoms with Crippen molar-refractivity contribution in [1.82, 2.24) is 0 Å². The van der Waals surface area contributed by atoms with Gasteiger partial charge in [0.2, 0.25) is 0 Å². The zero-order valence-corrected chi connectivity index (χ0v) is 9.43. The van der Waals surface area contributed by atoms with E-state index in [-0.39, 0.29) is 5.60 Å². The monoisotopic (exact) mass is 200 g/mol. The van der Waals surface area contributed by atoms with Gasteiger partial charge in [0.1, 0.15) is 0 Å². The molecule has 0 N–H and O–H groups in total. The Morgan fingerprint density at radius 2 is 1.46 bits per heavy atom. The Morgan fingerprint density at radius 1 is 1.08 bits per heavy atom. The maximum Gasteiger partial charge on any atom is 0.0813 e. The summed E-state index contributed by atoms with van der Waals surface area (Å²) in [6.07, 6.45) is 0. The van der Waals surface area contributed by atoms with Crippen LogP contribution in [-0.2, 0) is 4.29 Å². The molecule has 1 nitrogen and oxygen atoms in total. The summed E-state index contributed by atoms with van der Waals surface area (Å²) < 4.78 is 4.41. The summed E-state index contributed by atoms with van der Waals surface area (Å²) >= 11 is 4.98. The molecule has 0 aromatic heterocycles. The lowest BCUT2D eigenvalue weighted by molar-refractivity contribution is 0.148. The Morgan fingerprint density at radius 3 is 1.62 bits per heavy atom. The van der Waals surface area contributed by atoms with E-state index in [1.165, 1.54) is 5.56 Å². The van der Waals surface area contributed by atoms with Gasteiger partial charge in [0.25, 0.3) is 0 Å². The van der Waals surface area contributed by atoms with Gasteiger partial charge in [-0.2, -0.15) is 0 Å². The smallest absolute Gasteiger partial charge is 0.0813 e. The van der Waals surface area contributed by atoms with Gasteiger partial charge in [0, 0.05) is 0 Å². The van der Waals surface area contributed by atoms with Crippen LogP contribution in [0.1, 0.15) is 26.3 Å². The third kappa shape index (κ3) is 9.38. The van der Waals surface area contributed by atoms with Crippen molar-refractivity contribution < 1.29 is 4.29 Å². The molecule has 0 aliphatic carbocycles. The Labute approximate surface area is 85.9 Å². The summed E-state index contributed by atoms with van der Waals surface area (Å²) in [6, 6.07) is 10.3. The van der Waals surface area contributed by atoms with Gasteiger partial charge in [-0.15, -0.1) is 0 Å². The van der Waals surface area contributed by atoms with Gasteiger partial charge in [0.15, 0.2) is 0 Å². The van der Waals surface area contributed by atoms with Crippen LogP contribution in [0.2, 0.25) is 0 Å². The fraction of sp³-hybridized carbons (Fsp3) is 0.455. The highest BCUT2D eigenvalue weighted by Gasteiger charge is 2.06. The molecule has 0 fully saturated rings. The van der Waals surface area contributed by atoms with E-state index < -0.39 is 0 Å². The molecular formula is C11H17ClO. The molecule has 74 valence electrons. The number of aryl methyl sites for hydroxylation is 1. The molecule has 2 heteroatoms. The summed E-state index contributed by atoms with van der Waals surface area (Å²) in [5.74, 6) is 0. The summed E-state index contributed by atoms with van der Waals surface area (Å²) in [5, 5.41) is 0. The van der Waals surface area contributed by atoms with Crippen molar-refractivity contribution in [3.05, 3.63) is 35.9 Å². The van der Waals surface area contributed by atoms with E-state index in [4.69, 9.17) is 11.9 Å². The van der Waals surface area contributed by atoms with Gasteiger partial charge in [-0.25, -0.2) is 0 Å². The van der Waals surface area contributed by atoms with Gasteiger partial charge in [-0.3, -0.25) is 4.29 Å². The number of rotatable bonds is 0. The average Bonchev–Trinajstić information content (AvgIpc) is 2.06. The summed E-state index contributed by atoms with van der Waals surface area (Å²) in [6.45, 7) is 7.75. The Kier molecular flexibility index (Phi) is 5.76. The minimum atomic E-state index is -0.193. The second-order valence-corrected chi connectivity index (χ2v) is 4.00. The summed E-state index contributed by atoms with van der Waals surface area (Å²) in [7, 11) is 0. The molecule has 0 amide bonds. The van der Waals surface area contributed by atoms with Crippen molar-refractivity contribution in [3.63, 3.8) is 0 Å². The first-order chi connectivity index (χ1) is 5.95. The quantitative estimate of drug-likeness (QED) is 0.616. The topological polar surface area (TPSA) is 9.23 Å². The summed E-state index contributed by atoms with van der Waals surface area (Å²) in [5.41, 5.74) is 1.13. The molecule has 0 saturated heterocycles. The SMILES string of the molecule is CC(C)(C)OCl.Cc1ccccc1. The van der Waals surface area contributed by atoms with E-state index >= 15 is 0 Å². The normalized spacial score (nSPS) is 10.2. The van der Waals surface area contributed by atoms with Crippen molar-refractivity contribution in [3.8, 4) is 0 Å². The van der Waals surface area contributed by atoms with Gasteiger partial charge in [-0.1, -0.05) is 35.9 Å². The van der Waals surface area contributed by atoms with Crippen LogP contribution in [0.25, 0.3) is 0 Å². The fourth-order valence-corrected chi connectivity index (χ4v) is 0.534. The van der Waals surface area contributed by atoms with Crippen LogP contribution in [0.5, 0.6) is 0 Å². The van der Waals surface area contributed by atoms with E-state index in [0.29, 0.717) is 0 Å². The molecule has 0 heterocycles. The molecule has 1 rings (SSSR count). The van der Waals surface area contributed by atoms with Gasteiger partial charge in [-0.05, 0) is 27.7 Å². The molecule has 1 aromatic rings. The molecule has 0 aliphatic heterocycles. The third-order valence-electron chi connectivity index (χ3n) is 1.17. The first-order valence-corrected chi connectivity index (χ1v) is 4.58. The van der Waals surface area contributed by atoms with Gasteiger partial charge < -0.3 is 0 Å². The predicted molar refractivity (Wildman–Crippen MR) is 57.9 cm³/mol. The number of hydrogen-bond donors (Lipinski definition) is 0. The zero-order valence-electron chi connectivity index (χ0n) is 8.67. The standard InChI is InChI=1S/C7H8.C4H9ClO/c1-7-5-3-2-4-6-7;1-4(2,3)6-5/h2-6H,1H3;1-3H3. The van der Waals surface area contributed by atoms with Crippen LogP contribution in [0.4, 0.5) is 0 Å². The molecule has 0 bridgehead atoms. The average molecular weight is 201 g/mol. The van der Waals surface area contributed by atoms with E-state index in [0.717, 1.165) is 0 Å². The van der Waals surface area contributed by atoms with E-state index in [1.54, 1.807) is 0 Å². The molecule has 0 spiro atoms. The first kappa shape index (κ1) is 12.5. The highest BCUT2D eigenvalue weighted by atomic mass is 35.5. The maximum absolute atomic E-state index is 4.98. The Bertz CT molecular complexity index is 213. The van der Waals surface area contributed by atoms with Gasteiger partial charge in [0.05, 0.1) is 17.5 Å². The molecule has 1 aromatic carbocycles. The minimum absolute atomic E-state index is 0.193. The Hall–Kier alpha value is -0.530. The largest absolute Gasteiger partial charge is 0.273 e. The second kappa shape index (κ2) is 6.01. The van der Waals surface area contributed by atoms with Crippen LogP contribution in [-0.4, -0.2) is 5.60 Å². The van der Waals surface area contributed by atoms with Crippen LogP contribution in [0.3, 0.4) is 0 Å². The van der Waals surface area contributed by atoms with Crippen molar-refractivity contribution in [2.24, 2.45) is 0 Å². The lowest BCUT2D eigenvalue weighted by atomic mass is 10.2. The van der Waals surface area contributed by atoms with Crippen molar-refractivity contribution in [2.45, 2.75) is 33.3 Å². The first-order valence-electron chi connectivity index (χ1n) is 4.27. The number of benzene rings is 1. The highest BCUT2D eigenvalue weighted by molar-refractivity contribution is 6.07. The Balaban J connectivity index is 0.000000226. The highest BCUT2D eigenvalue weighted by Crippen LogP contribution is 2.07. The lowest BCUT2D eigenvalue weighted by Crippen LogP contribution is -2.12. The molecule has 0 unspecified atom stereocenters. The number of hydrogen-bond acceptors (Lipinski definition) is 1. The fourth-order valence-electron chi connectivity index (χ4n) is 0.534. The molecule has 0 aliphatic rings. The molecule has 0 atom stereocenters. The van der Waals surface area contributed by atoms with Crippen molar-refractivity contribution >= 4 is 11.9 Å². The van der Waals surface area contributed by atoms with Crippen LogP contribution in [0.15, 0.2) is 30.3 Å². The molecule has 13 heavy (non-hydrogen) atoms. The zero-order chi connectivity index (χ0) is 10.3. The molecular weight excluding hydrogens is 184 g/mol. The molecule has 0 radical (unpaired) electrons. The predicted octanol–water partition coefficient (Wildman–Crippen LogP) is 3.95. The number of halogens is 1.